The molecule has 8 heteroatoms. The van der Waals surface area contributed by atoms with Crippen LogP contribution in [0.5, 0.6) is 0 Å². The topological polar surface area (TPSA) is 91.6 Å². The van der Waals surface area contributed by atoms with Crippen molar-refractivity contribution in [2.75, 3.05) is 11.1 Å². The Balaban J connectivity index is 1.60. The molecule has 0 unspecified atom stereocenters. The Morgan fingerprint density at radius 3 is 2.83 bits per heavy atom. The SMILES string of the molecule is N#Cc1cccnc1SCC(=O)Nc1nnc(-c2ccccc2)s1. The summed E-state index contributed by atoms with van der Waals surface area (Å²) in [4.78, 5) is 16.1. The second-order valence-corrected chi connectivity index (χ2v) is 6.52. The molecule has 0 bridgehead atoms. The highest BCUT2D eigenvalue weighted by Crippen LogP contribution is 2.26. The van der Waals surface area contributed by atoms with Crippen LogP contribution >= 0.6 is 23.1 Å². The molecule has 118 valence electrons. The van der Waals surface area contributed by atoms with Crippen molar-refractivity contribution in [2.24, 2.45) is 0 Å². The van der Waals surface area contributed by atoms with Crippen molar-refractivity contribution in [3.8, 4) is 16.6 Å². The summed E-state index contributed by atoms with van der Waals surface area (Å²) < 4.78 is 0. The highest BCUT2D eigenvalue weighted by atomic mass is 32.2. The zero-order valence-electron chi connectivity index (χ0n) is 12.3. The van der Waals surface area contributed by atoms with E-state index in [-0.39, 0.29) is 11.7 Å². The Kier molecular flexibility index (Phi) is 5.15. The summed E-state index contributed by atoms with van der Waals surface area (Å²) in [6.45, 7) is 0. The predicted molar refractivity (Wildman–Crippen MR) is 93.7 cm³/mol. The molecule has 2 heterocycles. The molecule has 0 saturated heterocycles. The minimum absolute atomic E-state index is 0.145. The molecule has 0 spiro atoms. The minimum atomic E-state index is -0.217. The molecular weight excluding hydrogens is 342 g/mol. The fourth-order valence-corrected chi connectivity index (χ4v) is 3.36. The molecule has 3 aromatic rings. The van der Waals surface area contributed by atoms with Gasteiger partial charge in [0.1, 0.15) is 16.1 Å². The molecule has 1 amide bonds. The Labute approximate surface area is 146 Å². The van der Waals surface area contributed by atoms with Gasteiger partial charge in [0.2, 0.25) is 11.0 Å². The lowest BCUT2D eigenvalue weighted by atomic mass is 10.2. The highest BCUT2D eigenvalue weighted by molar-refractivity contribution is 8.00. The lowest BCUT2D eigenvalue weighted by Crippen LogP contribution is -2.14. The summed E-state index contributed by atoms with van der Waals surface area (Å²) in [6, 6.07) is 15.1. The lowest BCUT2D eigenvalue weighted by molar-refractivity contribution is -0.113. The number of nitrogens with zero attached hydrogens (tertiary/aromatic N) is 4. The summed E-state index contributed by atoms with van der Waals surface area (Å²) in [5.74, 6) is -0.0725. The third kappa shape index (κ3) is 3.95. The number of anilines is 1. The van der Waals surface area contributed by atoms with Gasteiger partial charge in [-0.25, -0.2) is 4.98 Å². The van der Waals surface area contributed by atoms with Crippen molar-refractivity contribution >= 4 is 34.1 Å². The minimum Gasteiger partial charge on any atom is -0.300 e. The molecule has 3 rings (SSSR count). The van der Waals surface area contributed by atoms with Crippen molar-refractivity contribution in [3.05, 3.63) is 54.2 Å². The van der Waals surface area contributed by atoms with Crippen molar-refractivity contribution in [2.45, 2.75) is 5.03 Å². The largest absolute Gasteiger partial charge is 0.300 e. The summed E-state index contributed by atoms with van der Waals surface area (Å²) in [6.07, 6.45) is 1.60. The number of rotatable bonds is 5. The number of nitriles is 1. The molecule has 0 radical (unpaired) electrons. The van der Waals surface area contributed by atoms with Gasteiger partial charge in [0.25, 0.3) is 0 Å². The van der Waals surface area contributed by atoms with Crippen LogP contribution < -0.4 is 5.32 Å². The quantitative estimate of drug-likeness (QED) is 0.708. The number of nitrogens with one attached hydrogen (secondary N) is 1. The molecule has 0 fully saturated rings. The van der Waals surface area contributed by atoms with Crippen LogP contribution in [0.3, 0.4) is 0 Å². The maximum atomic E-state index is 12.0. The fraction of sp³-hybridized carbons (Fsp3) is 0.0625. The normalized spacial score (nSPS) is 10.1. The molecule has 0 atom stereocenters. The molecule has 0 saturated carbocycles. The molecule has 1 N–H and O–H groups in total. The number of pyridine rings is 1. The smallest absolute Gasteiger partial charge is 0.236 e. The molecule has 1 aromatic carbocycles. The number of benzene rings is 1. The van der Waals surface area contributed by atoms with Gasteiger partial charge in [-0.15, -0.1) is 10.2 Å². The van der Waals surface area contributed by atoms with Crippen LogP contribution in [-0.4, -0.2) is 26.8 Å². The maximum absolute atomic E-state index is 12.0. The Bertz CT molecular complexity index is 889. The van der Waals surface area contributed by atoms with E-state index in [9.17, 15) is 4.79 Å². The van der Waals surface area contributed by atoms with Crippen LogP contribution in [-0.2, 0) is 4.79 Å². The summed E-state index contributed by atoms with van der Waals surface area (Å²) >= 11 is 2.53. The monoisotopic (exact) mass is 353 g/mol. The predicted octanol–water partition coefficient (Wildman–Crippen LogP) is 3.20. The van der Waals surface area contributed by atoms with Gasteiger partial charge in [-0.3, -0.25) is 10.1 Å². The van der Waals surface area contributed by atoms with E-state index < -0.39 is 0 Å². The molecular formula is C16H11N5OS2. The molecule has 6 nitrogen and oxygen atoms in total. The zero-order valence-corrected chi connectivity index (χ0v) is 14.0. The third-order valence-electron chi connectivity index (χ3n) is 2.92. The van der Waals surface area contributed by atoms with E-state index in [1.165, 1.54) is 23.1 Å². The van der Waals surface area contributed by atoms with Gasteiger partial charge in [-0.05, 0) is 12.1 Å². The number of thioether (sulfide) groups is 1. The van der Waals surface area contributed by atoms with Gasteiger partial charge in [-0.1, -0.05) is 53.4 Å². The summed E-state index contributed by atoms with van der Waals surface area (Å²) in [5, 5.41) is 21.5. The third-order valence-corrected chi connectivity index (χ3v) is 4.82. The number of hydrogen-bond donors (Lipinski definition) is 1. The molecule has 0 aliphatic rings. The van der Waals surface area contributed by atoms with E-state index >= 15 is 0 Å². The van der Waals surface area contributed by atoms with E-state index in [1.54, 1.807) is 18.3 Å². The molecule has 2 aromatic heterocycles. The van der Waals surface area contributed by atoms with Gasteiger partial charge >= 0.3 is 0 Å². The second kappa shape index (κ2) is 7.68. The van der Waals surface area contributed by atoms with Crippen molar-refractivity contribution in [3.63, 3.8) is 0 Å². The van der Waals surface area contributed by atoms with Crippen LogP contribution in [0.15, 0.2) is 53.7 Å². The van der Waals surface area contributed by atoms with Gasteiger partial charge in [0.05, 0.1) is 11.3 Å². The average Bonchev–Trinajstić information content (AvgIpc) is 3.09. The van der Waals surface area contributed by atoms with E-state index in [4.69, 9.17) is 5.26 Å². The first-order valence-electron chi connectivity index (χ1n) is 6.93. The zero-order chi connectivity index (χ0) is 16.8. The highest BCUT2D eigenvalue weighted by Gasteiger charge is 2.11. The molecule has 24 heavy (non-hydrogen) atoms. The van der Waals surface area contributed by atoms with Crippen LogP contribution in [0.25, 0.3) is 10.6 Å². The average molecular weight is 353 g/mol. The summed E-state index contributed by atoms with van der Waals surface area (Å²) in [5.41, 5.74) is 1.41. The first-order valence-corrected chi connectivity index (χ1v) is 8.73. The Morgan fingerprint density at radius 1 is 1.21 bits per heavy atom. The second-order valence-electron chi connectivity index (χ2n) is 4.58. The number of carbonyl (C=O) groups excluding carboxylic acids is 1. The van der Waals surface area contributed by atoms with Crippen LogP contribution in [0.1, 0.15) is 5.56 Å². The standard InChI is InChI=1S/C16H11N5OS2/c17-9-12-7-4-8-18-14(12)23-10-13(22)19-16-21-20-15(24-16)11-5-2-1-3-6-11/h1-8H,10H2,(H,19,21,22). The number of hydrogen-bond acceptors (Lipinski definition) is 7. The van der Waals surface area contributed by atoms with Crippen LogP contribution in [0, 0.1) is 11.3 Å². The van der Waals surface area contributed by atoms with Crippen LogP contribution in [0.2, 0.25) is 0 Å². The van der Waals surface area contributed by atoms with Gasteiger partial charge in [-0.2, -0.15) is 5.26 Å². The van der Waals surface area contributed by atoms with Crippen molar-refractivity contribution in [1.29, 1.82) is 5.26 Å². The number of aromatic nitrogens is 3. The first kappa shape index (κ1) is 16.1. The number of carbonyl (C=O) groups is 1. The Hall–Kier alpha value is -2.76. The van der Waals surface area contributed by atoms with E-state index in [2.05, 4.69) is 26.6 Å². The van der Waals surface area contributed by atoms with Crippen molar-refractivity contribution in [1.82, 2.24) is 15.2 Å². The van der Waals surface area contributed by atoms with Gasteiger partial charge in [0, 0.05) is 11.8 Å². The van der Waals surface area contributed by atoms with E-state index in [0.29, 0.717) is 15.7 Å². The number of amides is 1. The van der Waals surface area contributed by atoms with Gasteiger partial charge < -0.3 is 0 Å². The molecule has 0 aliphatic heterocycles. The lowest BCUT2D eigenvalue weighted by Gasteiger charge is -2.02. The maximum Gasteiger partial charge on any atom is 0.236 e. The van der Waals surface area contributed by atoms with E-state index in [1.807, 2.05) is 30.3 Å². The Morgan fingerprint density at radius 2 is 2.04 bits per heavy atom. The van der Waals surface area contributed by atoms with E-state index in [0.717, 1.165) is 10.6 Å². The first-order chi connectivity index (χ1) is 11.8. The molecule has 0 aliphatic carbocycles. The summed E-state index contributed by atoms with van der Waals surface area (Å²) in [7, 11) is 0. The van der Waals surface area contributed by atoms with Gasteiger partial charge in [0.15, 0.2) is 0 Å². The van der Waals surface area contributed by atoms with Crippen LogP contribution in [0.4, 0.5) is 5.13 Å². The van der Waals surface area contributed by atoms with Crippen molar-refractivity contribution < 1.29 is 4.79 Å². The fourth-order valence-electron chi connectivity index (χ4n) is 1.85.